The van der Waals surface area contributed by atoms with Crippen molar-refractivity contribution in [2.24, 2.45) is 11.7 Å². The Morgan fingerprint density at radius 2 is 2.12 bits per heavy atom. The van der Waals surface area contributed by atoms with Gasteiger partial charge in [-0.15, -0.1) is 0 Å². The maximum atomic E-state index is 11.5. The number of nitrogens with one attached hydrogen (secondary N) is 2. The first-order chi connectivity index (χ1) is 8.02. The first-order valence-corrected chi connectivity index (χ1v) is 6.08. The normalized spacial score (nSPS) is 24.6. The number of nitrogens with zero attached hydrogens (tertiary/aromatic N) is 1. The Labute approximate surface area is 102 Å². The smallest absolute Gasteiger partial charge is 0.321 e. The summed E-state index contributed by atoms with van der Waals surface area (Å²) in [7, 11) is 0. The van der Waals surface area contributed by atoms with Crippen LogP contribution < -0.4 is 16.4 Å². The second-order valence-electron chi connectivity index (χ2n) is 4.64. The molecule has 0 spiro atoms. The second-order valence-corrected chi connectivity index (χ2v) is 4.64. The van der Waals surface area contributed by atoms with Crippen molar-refractivity contribution in [2.45, 2.75) is 26.3 Å². The SMILES string of the molecule is CCCNC(=O)NC(=O)CN1CC(C)C(N)C1. The maximum Gasteiger partial charge on any atom is 0.321 e. The zero-order chi connectivity index (χ0) is 12.8. The minimum atomic E-state index is -0.423. The number of rotatable bonds is 4. The number of hydrogen-bond donors (Lipinski definition) is 3. The predicted octanol–water partition coefficient (Wildman–Crippen LogP) is -0.499. The Hall–Kier alpha value is -1.14. The summed E-state index contributed by atoms with van der Waals surface area (Å²) >= 11 is 0. The molecule has 0 aromatic rings. The average Bonchev–Trinajstić information content (AvgIpc) is 2.54. The highest BCUT2D eigenvalue weighted by Gasteiger charge is 2.27. The molecule has 0 aromatic heterocycles. The van der Waals surface area contributed by atoms with Gasteiger partial charge in [-0.1, -0.05) is 13.8 Å². The highest BCUT2D eigenvalue weighted by Crippen LogP contribution is 2.13. The summed E-state index contributed by atoms with van der Waals surface area (Å²) in [4.78, 5) is 24.7. The van der Waals surface area contributed by atoms with Gasteiger partial charge < -0.3 is 11.1 Å². The van der Waals surface area contributed by atoms with Gasteiger partial charge in [0, 0.05) is 25.7 Å². The number of carbonyl (C=O) groups is 2. The molecule has 1 aliphatic heterocycles. The molecule has 0 aliphatic carbocycles. The summed E-state index contributed by atoms with van der Waals surface area (Å²) in [6.07, 6.45) is 0.847. The minimum Gasteiger partial charge on any atom is -0.338 e. The van der Waals surface area contributed by atoms with Gasteiger partial charge in [0.05, 0.1) is 6.54 Å². The van der Waals surface area contributed by atoms with Crippen molar-refractivity contribution in [3.8, 4) is 0 Å². The Kier molecular flexibility index (Phi) is 5.37. The van der Waals surface area contributed by atoms with Crippen LogP contribution in [0.2, 0.25) is 0 Å². The molecule has 0 aromatic carbocycles. The fraction of sp³-hybridized carbons (Fsp3) is 0.818. The van der Waals surface area contributed by atoms with Gasteiger partial charge in [0.2, 0.25) is 5.91 Å². The molecule has 98 valence electrons. The van der Waals surface area contributed by atoms with E-state index < -0.39 is 6.03 Å². The van der Waals surface area contributed by atoms with Crippen molar-refractivity contribution in [1.29, 1.82) is 0 Å². The zero-order valence-electron chi connectivity index (χ0n) is 10.5. The average molecular weight is 242 g/mol. The van der Waals surface area contributed by atoms with Gasteiger partial charge in [-0.05, 0) is 12.3 Å². The van der Waals surface area contributed by atoms with Gasteiger partial charge in [0.15, 0.2) is 0 Å². The molecule has 0 radical (unpaired) electrons. The largest absolute Gasteiger partial charge is 0.338 e. The molecule has 2 atom stereocenters. The first-order valence-electron chi connectivity index (χ1n) is 6.08. The fourth-order valence-electron chi connectivity index (χ4n) is 1.88. The minimum absolute atomic E-state index is 0.122. The summed E-state index contributed by atoms with van der Waals surface area (Å²) in [6.45, 7) is 6.35. The van der Waals surface area contributed by atoms with E-state index in [1.54, 1.807) is 0 Å². The standard InChI is InChI=1S/C11H22N4O2/c1-3-4-13-11(17)14-10(16)7-15-5-8(2)9(12)6-15/h8-9H,3-7,12H2,1-2H3,(H2,13,14,16,17). The Balaban J connectivity index is 2.23. The number of urea groups is 1. The van der Waals surface area contributed by atoms with E-state index in [4.69, 9.17) is 5.73 Å². The van der Waals surface area contributed by atoms with Crippen molar-refractivity contribution in [3.63, 3.8) is 0 Å². The molecule has 6 nitrogen and oxygen atoms in total. The number of imide groups is 1. The van der Waals surface area contributed by atoms with Crippen LogP contribution in [0, 0.1) is 5.92 Å². The van der Waals surface area contributed by atoms with Gasteiger partial charge in [0.25, 0.3) is 0 Å². The van der Waals surface area contributed by atoms with E-state index in [9.17, 15) is 9.59 Å². The summed E-state index contributed by atoms with van der Waals surface area (Å²) < 4.78 is 0. The van der Waals surface area contributed by atoms with Crippen LogP contribution in [0.3, 0.4) is 0 Å². The summed E-state index contributed by atoms with van der Waals surface area (Å²) in [5.41, 5.74) is 5.86. The highest BCUT2D eigenvalue weighted by atomic mass is 16.2. The Morgan fingerprint density at radius 3 is 2.65 bits per heavy atom. The van der Waals surface area contributed by atoms with Crippen molar-refractivity contribution in [3.05, 3.63) is 0 Å². The highest BCUT2D eigenvalue weighted by molar-refractivity contribution is 5.95. The first kappa shape index (κ1) is 13.9. The van der Waals surface area contributed by atoms with Crippen LogP contribution in [0.25, 0.3) is 0 Å². The molecule has 17 heavy (non-hydrogen) atoms. The molecule has 1 fully saturated rings. The van der Waals surface area contributed by atoms with Gasteiger partial charge in [0.1, 0.15) is 0 Å². The molecular formula is C11H22N4O2. The number of hydrogen-bond acceptors (Lipinski definition) is 4. The number of likely N-dealkylation sites (tertiary alicyclic amines) is 1. The fourth-order valence-corrected chi connectivity index (χ4v) is 1.88. The monoisotopic (exact) mass is 242 g/mol. The molecule has 1 rings (SSSR count). The zero-order valence-corrected chi connectivity index (χ0v) is 10.5. The van der Waals surface area contributed by atoms with E-state index in [-0.39, 0.29) is 18.5 Å². The van der Waals surface area contributed by atoms with Crippen LogP contribution in [0.15, 0.2) is 0 Å². The van der Waals surface area contributed by atoms with Crippen LogP contribution in [0.1, 0.15) is 20.3 Å². The van der Waals surface area contributed by atoms with Gasteiger partial charge in [-0.3, -0.25) is 15.0 Å². The van der Waals surface area contributed by atoms with E-state index >= 15 is 0 Å². The third-order valence-corrected chi connectivity index (χ3v) is 2.90. The van der Waals surface area contributed by atoms with Crippen molar-refractivity contribution in [1.82, 2.24) is 15.5 Å². The number of nitrogens with two attached hydrogens (primary N) is 1. The van der Waals surface area contributed by atoms with E-state index in [0.717, 1.165) is 13.0 Å². The Morgan fingerprint density at radius 1 is 1.41 bits per heavy atom. The van der Waals surface area contributed by atoms with Gasteiger partial charge >= 0.3 is 6.03 Å². The second kappa shape index (κ2) is 6.56. The Bertz CT molecular complexity index is 273. The van der Waals surface area contributed by atoms with Crippen LogP contribution in [0.5, 0.6) is 0 Å². The number of carbonyl (C=O) groups excluding carboxylic acids is 2. The van der Waals surface area contributed by atoms with Crippen molar-refractivity contribution in [2.75, 3.05) is 26.2 Å². The lowest BCUT2D eigenvalue weighted by Gasteiger charge is -2.14. The van der Waals surface area contributed by atoms with E-state index in [1.807, 2.05) is 11.8 Å². The lowest BCUT2D eigenvalue weighted by molar-refractivity contribution is -0.120. The van der Waals surface area contributed by atoms with Crippen LogP contribution in [-0.2, 0) is 4.79 Å². The summed E-state index contributed by atoms with van der Waals surface area (Å²) in [5, 5.41) is 4.89. The van der Waals surface area contributed by atoms with Crippen molar-refractivity contribution < 1.29 is 9.59 Å². The molecule has 2 unspecified atom stereocenters. The topological polar surface area (TPSA) is 87.5 Å². The lowest BCUT2D eigenvalue weighted by Crippen LogP contribution is -2.44. The molecule has 0 saturated carbocycles. The van der Waals surface area contributed by atoms with Gasteiger partial charge in [-0.25, -0.2) is 4.79 Å². The molecule has 4 N–H and O–H groups in total. The maximum absolute atomic E-state index is 11.5. The summed E-state index contributed by atoms with van der Waals surface area (Å²) in [6, 6.07) is -0.301. The third-order valence-electron chi connectivity index (χ3n) is 2.90. The summed E-state index contributed by atoms with van der Waals surface area (Å²) in [5.74, 6) is 0.122. The quantitative estimate of drug-likeness (QED) is 0.620. The molecule has 1 heterocycles. The molecule has 1 aliphatic rings. The van der Waals surface area contributed by atoms with Crippen LogP contribution in [-0.4, -0.2) is 49.1 Å². The van der Waals surface area contributed by atoms with Gasteiger partial charge in [-0.2, -0.15) is 0 Å². The van der Waals surface area contributed by atoms with E-state index in [1.165, 1.54) is 0 Å². The molecule has 3 amide bonds. The molecule has 6 heteroatoms. The molecular weight excluding hydrogens is 220 g/mol. The molecule has 0 bridgehead atoms. The third kappa shape index (κ3) is 4.70. The number of amides is 3. The van der Waals surface area contributed by atoms with Crippen LogP contribution >= 0.6 is 0 Å². The lowest BCUT2D eigenvalue weighted by atomic mass is 10.1. The van der Waals surface area contributed by atoms with Crippen molar-refractivity contribution >= 4 is 11.9 Å². The van der Waals surface area contributed by atoms with E-state index in [0.29, 0.717) is 19.0 Å². The molecule has 1 saturated heterocycles. The van der Waals surface area contributed by atoms with Crippen LogP contribution in [0.4, 0.5) is 4.79 Å². The predicted molar refractivity (Wildman–Crippen MR) is 65.4 cm³/mol. The van der Waals surface area contributed by atoms with E-state index in [2.05, 4.69) is 17.6 Å².